The first-order chi connectivity index (χ1) is 10.0. The molecular formula is C16H18N4O. The van der Waals surface area contributed by atoms with Gasteiger partial charge >= 0.3 is 0 Å². The minimum Gasteiger partial charge on any atom is -0.473 e. The second-order valence-corrected chi connectivity index (χ2v) is 4.99. The van der Waals surface area contributed by atoms with E-state index in [-0.39, 0.29) is 6.10 Å². The summed E-state index contributed by atoms with van der Waals surface area (Å²) in [4.78, 5) is 4.35. The van der Waals surface area contributed by atoms with Crippen molar-refractivity contribution in [2.24, 2.45) is 0 Å². The normalized spacial score (nSPS) is 10.2. The van der Waals surface area contributed by atoms with Gasteiger partial charge in [0.15, 0.2) is 0 Å². The highest BCUT2D eigenvalue weighted by Crippen LogP contribution is 2.26. The maximum Gasteiger partial charge on any atom is 0.239 e. The Kier molecular flexibility index (Phi) is 4.29. The first-order valence-electron chi connectivity index (χ1n) is 6.71. The average Bonchev–Trinajstić information content (AvgIpc) is 2.42. The van der Waals surface area contributed by atoms with Gasteiger partial charge in [-0.1, -0.05) is 12.1 Å². The molecule has 0 aliphatic carbocycles. The Morgan fingerprint density at radius 1 is 1.29 bits per heavy atom. The van der Waals surface area contributed by atoms with Crippen molar-refractivity contribution in [3.05, 3.63) is 41.5 Å². The molecule has 0 radical (unpaired) electrons. The van der Waals surface area contributed by atoms with E-state index < -0.39 is 0 Å². The smallest absolute Gasteiger partial charge is 0.239 e. The van der Waals surface area contributed by atoms with E-state index in [1.807, 2.05) is 39.0 Å². The summed E-state index contributed by atoms with van der Waals surface area (Å²) in [6.45, 7) is 5.72. The maximum absolute atomic E-state index is 9.24. The van der Waals surface area contributed by atoms with Gasteiger partial charge in [0, 0.05) is 0 Å². The molecule has 3 N–H and O–H groups in total. The lowest BCUT2D eigenvalue weighted by atomic mass is 10.1. The van der Waals surface area contributed by atoms with Gasteiger partial charge in [0.25, 0.3) is 0 Å². The molecule has 0 unspecified atom stereocenters. The van der Waals surface area contributed by atoms with Crippen LogP contribution in [0.2, 0.25) is 0 Å². The molecule has 0 atom stereocenters. The molecule has 1 aromatic heterocycles. The van der Waals surface area contributed by atoms with E-state index in [1.165, 1.54) is 0 Å². The summed E-state index contributed by atoms with van der Waals surface area (Å²) in [7, 11) is 0. The Labute approximate surface area is 124 Å². The molecule has 2 rings (SSSR count). The van der Waals surface area contributed by atoms with Crippen LogP contribution in [0.15, 0.2) is 30.3 Å². The molecule has 1 aromatic carbocycles. The summed E-state index contributed by atoms with van der Waals surface area (Å²) >= 11 is 0. The van der Waals surface area contributed by atoms with Gasteiger partial charge in [-0.05, 0) is 44.5 Å². The van der Waals surface area contributed by atoms with Crippen molar-refractivity contribution in [1.82, 2.24) is 4.98 Å². The van der Waals surface area contributed by atoms with Gasteiger partial charge in [-0.2, -0.15) is 10.2 Å². The Hall–Kier alpha value is -2.74. The van der Waals surface area contributed by atoms with Crippen LogP contribution in [-0.4, -0.2) is 11.1 Å². The topological polar surface area (TPSA) is 84.0 Å². The van der Waals surface area contributed by atoms with Crippen molar-refractivity contribution in [1.29, 1.82) is 5.26 Å². The number of pyridine rings is 1. The van der Waals surface area contributed by atoms with Crippen molar-refractivity contribution in [3.8, 4) is 11.9 Å². The third-order valence-electron chi connectivity index (χ3n) is 2.88. The van der Waals surface area contributed by atoms with E-state index in [0.29, 0.717) is 28.6 Å². The highest BCUT2D eigenvalue weighted by Gasteiger charge is 2.09. The zero-order chi connectivity index (χ0) is 15.4. The SMILES string of the molecule is Cc1cccc(Nc2ccc(N)c(OC(C)C)n2)c1C#N. The van der Waals surface area contributed by atoms with Crippen molar-refractivity contribution < 1.29 is 4.74 Å². The number of anilines is 3. The van der Waals surface area contributed by atoms with Gasteiger partial charge in [-0.3, -0.25) is 0 Å². The molecule has 0 fully saturated rings. The van der Waals surface area contributed by atoms with Crippen molar-refractivity contribution in [3.63, 3.8) is 0 Å². The van der Waals surface area contributed by atoms with Crippen LogP contribution < -0.4 is 15.8 Å². The quantitative estimate of drug-likeness (QED) is 0.898. The zero-order valence-electron chi connectivity index (χ0n) is 12.3. The van der Waals surface area contributed by atoms with Crippen LogP contribution in [-0.2, 0) is 0 Å². The standard InChI is InChI=1S/C16H18N4O/c1-10(2)21-16-13(18)7-8-15(20-16)19-14-6-4-5-11(3)12(14)9-17/h4-8,10H,18H2,1-3H3,(H,19,20). The number of nitrogens with zero attached hydrogens (tertiary/aromatic N) is 2. The van der Waals surface area contributed by atoms with Gasteiger partial charge < -0.3 is 15.8 Å². The minimum atomic E-state index is -0.0105. The predicted octanol–water partition coefficient (Wildman–Crippen LogP) is 3.37. The van der Waals surface area contributed by atoms with Gasteiger partial charge in [0.05, 0.1) is 23.0 Å². The van der Waals surface area contributed by atoms with Gasteiger partial charge in [-0.25, -0.2) is 0 Å². The first kappa shape index (κ1) is 14.7. The number of nitrogen functional groups attached to an aromatic ring is 1. The lowest BCUT2D eigenvalue weighted by Crippen LogP contribution is -2.09. The third-order valence-corrected chi connectivity index (χ3v) is 2.88. The number of aromatic nitrogens is 1. The molecule has 0 bridgehead atoms. The number of nitrogens with two attached hydrogens (primary N) is 1. The van der Waals surface area contributed by atoms with Crippen molar-refractivity contribution in [2.75, 3.05) is 11.1 Å². The van der Waals surface area contributed by atoms with Crippen LogP contribution in [0, 0.1) is 18.3 Å². The highest BCUT2D eigenvalue weighted by molar-refractivity contribution is 5.68. The van der Waals surface area contributed by atoms with Crippen LogP contribution in [0.1, 0.15) is 25.0 Å². The monoisotopic (exact) mass is 282 g/mol. The molecule has 0 saturated carbocycles. The number of nitrogens with one attached hydrogen (secondary N) is 1. The fourth-order valence-corrected chi connectivity index (χ4v) is 1.90. The van der Waals surface area contributed by atoms with Crippen molar-refractivity contribution in [2.45, 2.75) is 26.9 Å². The summed E-state index contributed by atoms with van der Waals surface area (Å²) in [5.74, 6) is 0.975. The lowest BCUT2D eigenvalue weighted by molar-refractivity contribution is 0.234. The number of nitriles is 1. The molecule has 0 spiro atoms. The summed E-state index contributed by atoms with van der Waals surface area (Å²) < 4.78 is 5.56. The van der Waals surface area contributed by atoms with E-state index in [4.69, 9.17) is 10.5 Å². The van der Waals surface area contributed by atoms with Gasteiger partial charge in [0.1, 0.15) is 11.9 Å². The van der Waals surface area contributed by atoms with E-state index in [0.717, 1.165) is 5.56 Å². The van der Waals surface area contributed by atoms with Crippen LogP contribution >= 0.6 is 0 Å². The lowest BCUT2D eigenvalue weighted by Gasteiger charge is -2.14. The number of rotatable bonds is 4. The number of benzene rings is 1. The molecule has 108 valence electrons. The molecular weight excluding hydrogens is 264 g/mol. The molecule has 5 heteroatoms. The average molecular weight is 282 g/mol. The third kappa shape index (κ3) is 3.42. The van der Waals surface area contributed by atoms with E-state index >= 15 is 0 Å². The molecule has 5 nitrogen and oxygen atoms in total. The Morgan fingerprint density at radius 3 is 2.71 bits per heavy atom. The number of hydrogen-bond acceptors (Lipinski definition) is 5. The first-order valence-corrected chi connectivity index (χ1v) is 6.71. The largest absolute Gasteiger partial charge is 0.473 e. The highest BCUT2D eigenvalue weighted by atomic mass is 16.5. The van der Waals surface area contributed by atoms with Crippen LogP contribution in [0.5, 0.6) is 5.88 Å². The molecule has 0 saturated heterocycles. The summed E-state index contributed by atoms with van der Waals surface area (Å²) in [5, 5.41) is 12.4. The fraction of sp³-hybridized carbons (Fsp3) is 0.250. The summed E-state index contributed by atoms with van der Waals surface area (Å²) in [6.07, 6.45) is -0.0105. The number of aryl methyl sites for hydroxylation is 1. The predicted molar refractivity (Wildman–Crippen MR) is 83.6 cm³/mol. The molecule has 0 aliphatic rings. The molecule has 2 aromatic rings. The maximum atomic E-state index is 9.24. The number of hydrogen-bond donors (Lipinski definition) is 2. The molecule has 0 amide bonds. The van der Waals surface area contributed by atoms with Gasteiger partial charge in [0.2, 0.25) is 5.88 Å². The van der Waals surface area contributed by atoms with E-state index in [2.05, 4.69) is 16.4 Å². The Morgan fingerprint density at radius 2 is 2.05 bits per heavy atom. The Balaban J connectivity index is 2.33. The summed E-state index contributed by atoms with van der Waals surface area (Å²) in [5.41, 5.74) is 8.56. The van der Waals surface area contributed by atoms with E-state index in [1.54, 1.807) is 12.1 Å². The van der Waals surface area contributed by atoms with Crippen molar-refractivity contribution >= 4 is 17.2 Å². The second kappa shape index (κ2) is 6.14. The summed E-state index contributed by atoms with van der Waals surface area (Å²) in [6, 6.07) is 11.3. The molecule has 21 heavy (non-hydrogen) atoms. The van der Waals surface area contributed by atoms with E-state index in [9.17, 15) is 5.26 Å². The van der Waals surface area contributed by atoms with Crippen LogP contribution in [0.25, 0.3) is 0 Å². The second-order valence-electron chi connectivity index (χ2n) is 4.99. The minimum absolute atomic E-state index is 0.0105. The number of ether oxygens (including phenoxy) is 1. The Bertz CT molecular complexity index is 689. The molecule has 1 heterocycles. The van der Waals surface area contributed by atoms with Crippen LogP contribution in [0.4, 0.5) is 17.2 Å². The van der Waals surface area contributed by atoms with Crippen LogP contribution in [0.3, 0.4) is 0 Å². The zero-order valence-corrected chi connectivity index (χ0v) is 12.3. The van der Waals surface area contributed by atoms with Gasteiger partial charge in [-0.15, -0.1) is 0 Å². The molecule has 0 aliphatic heterocycles. The fourth-order valence-electron chi connectivity index (χ4n) is 1.90.